The Labute approximate surface area is 160 Å². The Bertz CT molecular complexity index is 994. The average molecular weight is 368 g/mol. The van der Waals surface area contributed by atoms with Crippen molar-refractivity contribution in [3.05, 3.63) is 52.4 Å². The van der Waals surface area contributed by atoms with Crippen molar-refractivity contribution >= 4 is 17.0 Å². The van der Waals surface area contributed by atoms with Crippen molar-refractivity contribution in [1.82, 2.24) is 14.1 Å². The summed E-state index contributed by atoms with van der Waals surface area (Å²) in [5.41, 5.74) is 2.74. The summed E-state index contributed by atoms with van der Waals surface area (Å²) in [5, 5.41) is 0. The van der Waals surface area contributed by atoms with Gasteiger partial charge in [-0.05, 0) is 35.2 Å². The molecule has 144 valence electrons. The quantitative estimate of drug-likeness (QED) is 0.692. The predicted molar refractivity (Wildman–Crippen MR) is 110 cm³/mol. The van der Waals surface area contributed by atoms with Crippen LogP contribution in [-0.2, 0) is 20.1 Å². The van der Waals surface area contributed by atoms with E-state index < -0.39 is 0 Å². The lowest BCUT2D eigenvalue weighted by molar-refractivity contribution is 0.342. The number of ether oxygens (including phenoxy) is 1. The van der Waals surface area contributed by atoms with Gasteiger partial charge in [0.2, 0.25) is 0 Å². The normalized spacial score (nSPS) is 11.8. The van der Waals surface area contributed by atoms with Crippen molar-refractivity contribution in [3.8, 4) is 5.75 Å². The second kappa shape index (κ2) is 7.10. The minimum absolute atomic E-state index is 0.0158. The van der Waals surface area contributed by atoms with Crippen molar-refractivity contribution in [1.29, 1.82) is 0 Å². The number of anilines is 1. The van der Waals surface area contributed by atoms with Gasteiger partial charge < -0.3 is 9.64 Å². The van der Waals surface area contributed by atoms with E-state index in [0.29, 0.717) is 12.2 Å². The summed E-state index contributed by atoms with van der Waals surface area (Å²) in [6.45, 7) is 7.76. The Kier molecular flexibility index (Phi) is 5.00. The number of aromatic nitrogens is 3. The van der Waals surface area contributed by atoms with E-state index in [2.05, 4.69) is 25.7 Å². The van der Waals surface area contributed by atoms with Gasteiger partial charge in [-0.25, -0.2) is 9.78 Å². The number of hydrogen-bond donors (Lipinski definition) is 0. The van der Waals surface area contributed by atoms with Crippen LogP contribution in [0.3, 0.4) is 0 Å². The van der Waals surface area contributed by atoms with E-state index >= 15 is 0 Å². The van der Waals surface area contributed by atoms with E-state index in [1.807, 2.05) is 48.0 Å². The van der Waals surface area contributed by atoms with Gasteiger partial charge in [0.1, 0.15) is 11.6 Å². The van der Waals surface area contributed by atoms with Gasteiger partial charge in [0.25, 0.3) is 0 Å². The number of benzene rings is 1. The number of imidazole rings is 1. The van der Waals surface area contributed by atoms with Gasteiger partial charge in [0.05, 0.1) is 12.6 Å². The molecule has 0 spiro atoms. The number of methoxy groups -OCH3 is 1. The van der Waals surface area contributed by atoms with Gasteiger partial charge in [-0.1, -0.05) is 32.9 Å². The molecule has 3 rings (SSSR count). The molecule has 0 saturated carbocycles. The molecule has 1 aromatic carbocycles. The van der Waals surface area contributed by atoms with Gasteiger partial charge in [0, 0.05) is 27.2 Å². The summed E-state index contributed by atoms with van der Waals surface area (Å²) >= 11 is 0. The lowest BCUT2D eigenvalue weighted by atomic mass is 9.97. The van der Waals surface area contributed by atoms with Gasteiger partial charge in [-0.2, -0.15) is 0 Å². The number of rotatable bonds is 5. The van der Waals surface area contributed by atoms with Crippen LogP contribution in [0.4, 0.5) is 5.82 Å². The molecule has 27 heavy (non-hydrogen) atoms. The minimum Gasteiger partial charge on any atom is -0.497 e. The molecule has 0 unspecified atom stereocenters. The Hall–Kier alpha value is -2.76. The third-order valence-corrected chi connectivity index (χ3v) is 4.57. The largest absolute Gasteiger partial charge is 0.497 e. The summed E-state index contributed by atoms with van der Waals surface area (Å²) in [7, 11) is 5.45. The highest BCUT2D eigenvalue weighted by Gasteiger charge is 2.19. The van der Waals surface area contributed by atoms with Crippen LogP contribution in [0.1, 0.15) is 26.3 Å². The average Bonchev–Trinajstić information content (AvgIpc) is 2.85. The van der Waals surface area contributed by atoms with Crippen molar-refractivity contribution in [3.63, 3.8) is 0 Å². The fourth-order valence-electron chi connectivity index (χ4n) is 3.19. The van der Waals surface area contributed by atoms with E-state index in [0.717, 1.165) is 23.6 Å². The first-order valence-electron chi connectivity index (χ1n) is 9.10. The molecule has 0 amide bonds. The molecular weight excluding hydrogens is 340 g/mol. The third-order valence-electron chi connectivity index (χ3n) is 4.57. The van der Waals surface area contributed by atoms with Crippen LogP contribution >= 0.6 is 0 Å². The molecule has 6 nitrogen and oxygen atoms in total. The maximum atomic E-state index is 12.7. The smallest absolute Gasteiger partial charge is 0.330 e. The first-order chi connectivity index (χ1) is 12.7. The van der Waals surface area contributed by atoms with E-state index in [9.17, 15) is 4.79 Å². The maximum absolute atomic E-state index is 12.7. The molecule has 0 fully saturated rings. The zero-order valence-electron chi connectivity index (χ0n) is 17.0. The molecule has 0 bridgehead atoms. The summed E-state index contributed by atoms with van der Waals surface area (Å²) in [5.74, 6) is 1.68. The molecule has 0 radical (unpaired) electrons. The molecule has 0 N–H and O–H groups in total. The minimum atomic E-state index is -0.0256. The Balaban J connectivity index is 1.91. The molecule has 0 saturated heterocycles. The Morgan fingerprint density at radius 1 is 1.11 bits per heavy atom. The zero-order valence-corrected chi connectivity index (χ0v) is 17.0. The van der Waals surface area contributed by atoms with Crippen molar-refractivity contribution in [2.75, 3.05) is 19.1 Å². The number of hydrogen-bond acceptors (Lipinski definition) is 4. The van der Waals surface area contributed by atoms with Crippen LogP contribution in [-0.4, -0.2) is 28.3 Å². The highest BCUT2D eigenvalue weighted by molar-refractivity contribution is 5.74. The molecule has 6 heteroatoms. The Morgan fingerprint density at radius 3 is 2.37 bits per heavy atom. The van der Waals surface area contributed by atoms with E-state index in [4.69, 9.17) is 9.72 Å². The fourth-order valence-corrected chi connectivity index (χ4v) is 3.19. The topological polar surface area (TPSA) is 52.3 Å². The zero-order chi connectivity index (χ0) is 19.8. The number of nitrogens with zero attached hydrogens (tertiary/aromatic N) is 4. The van der Waals surface area contributed by atoms with Gasteiger partial charge in [0.15, 0.2) is 5.65 Å². The van der Waals surface area contributed by atoms with Crippen molar-refractivity contribution in [2.24, 2.45) is 12.5 Å². The summed E-state index contributed by atoms with van der Waals surface area (Å²) in [4.78, 5) is 19.5. The van der Waals surface area contributed by atoms with Crippen LogP contribution < -0.4 is 15.3 Å². The lowest BCUT2D eigenvalue weighted by Gasteiger charge is -2.20. The van der Waals surface area contributed by atoms with Gasteiger partial charge in [-0.15, -0.1) is 0 Å². The second-order valence-corrected chi connectivity index (χ2v) is 8.20. The molecular formula is C21H28N4O2. The second-order valence-electron chi connectivity index (χ2n) is 8.20. The number of aryl methyl sites for hydroxylation is 1. The Morgan fingerprint density at radius 2 is 1.78 bits per heavy atom. The summed E-state index contributed by atoms with van der Waals surface area (Å²) < 4.78 is 8.65. The van der Waals surface area contributed by atoms with Crippen LogP contribution in [0.25, 0.3) is 11.2 Å². The molecule has 0 aliphatic rings. The molecule has 0 atom stereocenters. The van der Waals surface area contributed by atoms with Crippen LogP contribution in [0, 0.1) is 5.41 Å². The number of fused-ring (bicyclic) bond motifs is 1. The summed E-state index contributed by atoms with van der Waals surface area (Å²) in [6, 6.07) is 12.0. The van der Waals surface area contributed by atoms with Crippen LogP contribution in [0.5, 0.6) is 5.75 Å². The molecule has 3 aromatic rings. The molecule has 0 aliphatic heterocycles. The molecule has 0 aliphatic carbocycles. The standard InChI is InChI=1S/C21H28N4O2/c1-21(2,3)14-25-17-11-12-18(22-19(17)24(5)20(25)26)23(4)13-15-7-9-16(27-6)10-8-15/h7-12H,13-14H2,1-6H3. The van der Waals surface area contributed by atoms with Crippen molar-refractivity contribution < 1.29 is 4.74 Å². The van der Waals surface area contributed by atoms with Crippen LogP contribution in [0.2, 0.25) is 0 Å². The summed E-state index contributed by atoms with van der Waals surface area (Å²) in [6.07, 6.45) is 0. The first kappa shape index (κ1) is 19.0. The van der Waals surface area contributed by atoms with Gasteiger partial charge in [-0.3, -0.25) is 9.13 Å². The van der Waals surface area contributed by atoms with Crippen molar-refractivity contribution in [2.45, 2.75) is 33.9 Å². The predicted octanol–water partition coefficient (Wildman–Crippen LogP) is 3.43. The maximum Gasteiger partial charge on any atom is 0.330 e. The molecule has 2 heterocycles. The van der Waals surface area contributed by atoms with Crippen LogP contribution in [0.15, 0.2) is 41.2 Å². The highest BCUT2D eigenvalue weighted by Crippen LogP contribution is 2.22. The van der Waals surface area contributed by atoms with E-state index in [1.165, 1.54) is 5.56 Å². The van der Waals surface area contributed by atoms with Gasteiger partial charge >= 0.3 is 5.69 Å². The third kappa shape index (κ3) is 3.99. The first-order valence-corrected chi connectivity index (χ1v) is 9.10. The molecule has 2 aromatic heterocycles. The monoisotopic (exact) mass is 368 g/mol. The number of pyridine rings is 1. The van der Waals surface area contributed by atoms with E-state index in [-0.39, 0.29) is 11.1 Å². The van der Waals surface area contributed by atoms with E-state index in [1.54, 1.807) is 18.7 Å². The highest BCUT2D eigenvalue weighted by atomic mass is 16.5. The lowest BCUT2D eigenvalue weighted by Crippen LogP contribution is -2.27. The SMILES string of the molecule is COc1ccc(CN(C)c2ccc3c(n2)n(C)c(=O)n3CC(C)(C)C)cc1. The fraction of sp³-hybridized carbons (Fsp3) is 0.429.